The molecule has 1 unspecified atom stereocenters. The van der Waals surface area contributed by atoms with E-state index in [1.165, 1.54) is 6.26 Å². The minimum atomic E-state index is -1.27. The fourth-order valence-corrected chi connectivity index (χ4v) is 1.76. The van der Waals surface area contributed by atoms with Crippen LogP contribution in [0.3, 0.4) is 0 Å². The molecule has 2 heterocycles. The van der Waals surface area contributed by atoms with Crippen molar-refractivity contribution in [2.24, 2.45) is 0 Å². The second kappa shape index (κ2) is 6.01. The van der Waals surface area contributed by atoms with Crippen molar-refractivity contribution < 1.29 is 18.7 Å². The number of hydrogen-bond acceptors (Lipinski definition) is 5. The second-order valence-electron chi connectivity index (χ2n) is 5.04. The van der Waals surface area contributed by atoms with Crippen molar-refractivity contribution in [2.75, 3.05) is 6.54 Å². The second-order valence-corrected chi connectivity index (χ2v) is 5.04. The third-order valence-electron chi connectivity index (χ3n) is 3.12. The number of nitrogens with zero attached hydrogens (tertiary/aromatic N) is 1. The maximum Gasteiger partial charge on any atom is 0.315 e. The highest BCUT2D eigenvalue weighted by molar-refractivity contribution is 5.73. The van der Waals surface area contributed by atoms with Gasteiger partial charge < -0.3 is 24.6 Å². The molecular formula is C14H19N3O4. The van der Waals surface area contributed by atoms with Crippen LogP contribution >= 0.6 is 0 Å². The summed E-state index contributed by atoms with van der Waals surface area (Å²) in [6.07, 6.45) is 1.47. The number of amides is 2. The van der Waals surface area contributed by atoms with Gasteiger partial charge in [-0.05, 0) is 32.9 Å². The van der Waals surface area contributed by atoms with Crippen LogP contribution in [0, 0.1) is 13.8 Å². The predicted octanol–water partition coefficient (Wildman–Crippen LogP) is 1.59. The van der Waals surface area contributed by atoms with Gasteiger partial charge >= 0.3 is 6.03 Å². The van der Waals surface area contributed by atoms with E-state index >= 15 is 0 Å². The lowest BCUT2D eigenvalue weighted by Crippen LogP contribution is -2.43. The van der Waals surface area contributed by atoms with Gasteiger partial charge in [-0.15, -0.1) is 0 Å². The van der Waals surface area contributed by atoms with E-state index in [4.69, 9.17) is 8.83 Å². The fraction of sp³-hybridized carbons (Fsp3) is 0.429. The standard InChI is InChI=1S/C14H19N3O4/c1-9-10(2)21-12(17-9)7-15-13(18)16-8-14(3,19)11-5-4-6-20-11/h4-6,19H,7-8H2,1-3H3,(H2,15,16,18). The Balaban J connectivity index is 1.80. The Bertz CT molecular complexity index is 582. The van der Waals surface area contributed by atoms with Gasteiger partial charge in [0.25, 0.3) is 0 Å². The molecule has 2 aromatic heterocycles. The first-order valence-electron chi connectivity index (χ1n) is 6.59. The van der Waals surface area contributed by atoms with Crippen LogP contribution in [0.25, 0.3) is 0 Å². The highest BCUT2D eigenvalue weighted by atomic mass is 16.4. The van der Waals surface area contributed by atoms with E-state index in [2.05, 4.69) is 15.6 Å². The average molecular weight is 293 g/mol. The van der Waals surface area contributed by atoms with Crippen molar-refractivity contribution in [1.29, 1.82) is 0 Å². The average Bonchev–Trinajstić information content (AvgIpc) is 3.06. The molecule has 114 valence electrons. The number of hydrogen-bond donors (Lipinski definition) is 3. The number of urea groups is 1. The third-order valence-corrected chi connectivity index (χ3v) is 3.12. The maximum absolute atomic E-state index is 11.7. The molecule has 2 aromatic rings. The highest BCUT2D eigenvalue weighted by Crippen LogP contribution is 2.19. The van der Waals surface area contributed by atoms with E-state index in [1.807, 2.05) is 13.8 Å². The molecular weight excluding hydrogens is 274 g/mol. The SMILES string of the molecule is Cc1nc(CNC(=O)NCC(C)(O)c2ccco2)oc1C. The van der Waals surface area contributed by atoms with Gasteiger partial charge in [-0.1, -0.05) is 0 Å². The first-order chi connectivity index (χ1) is 9.88. The number of carbonyl (C=O) groups is 1. The Hall–Kier alpha value is -2.28. The van der Waals surface area contributed by atoms with Crippen molar-refractivity contribution in [1.82, 2.24) is 15.6 Å². The van der Waals surface area contributed by atoms with E-state index in [9.17, 15) is 9.90 Å². The smallest absolute Gasteiger partial charge is 0.315 e. The first-order valence-corrected chi connectivity index (χ1v) is 6.59. The van der Waals surface area contributed by atoms with Gasteiger partial charge in [-0.3, -0.25) is 0 Å². The van der Waals surface area contributed by atoms with Crippen molar-refractivity contribution in [3.8, 4) is 0 Å². The number of aromatic nitrogens is 1. The van der Waals surface area contributed by atoms with Crippen molar-refractivity contribution in [3.05, 3.63) is 41.5 Å². The predicted molar refractivity (Wildman–Crippen MR) is 74.5 cm³/mol. The number of oxazole rings is 1. The van der Waals surface area contributed by atoms with Gasteiger partial charge in [0.05, 0.1) is 25.0 Å². The summed E-state index contributed by atoms with van der Waals surface area (Å²) in [7, 11) is 0. The summed E-state index contributed by atoms with van der Waals surface area (Å²) >= 11 is 0. The summed E-state index contributed by atoms with van der Waals surface area (Å²) < 4.78 is 10.5. The Kier molecular flexibility index (Phi) is 4.32. The van der Waals surface area contributed by atoms with Crippen LogP contribution in [-0.2, 0) is 12.1 Å². The van der Waals surface area contributed by atoms with E-state index in [1.54, 1.807) is 19.1 Å². The lowest BCUT2D eigenvalue weighted by molar-refractivity contribution is 0.0367. The summed E-state index contributed by atoms with van der Waals surface area (Å²) in [6, 6.07) is 2.91. The Morgan fingerprint density at radius 2 is 2.19 bits per heavy atom. The van der Waals surface area contributed by atoms with Crippen LogP contribution in [-0.4, -0.2) is 22.7 Å². The van der Waals surface area contributed by atoms with Crippen molar-refractivity contribution in [2.45, 2.75) is 32.9 Å². The van der Waals surface area contributed by atoms with E-state index in [-0.39, 0.29) is 13.1 Å². The molecule has 0 spiro atoms. The Morgan fingerprint density at radius 1 is 1.43 bits per heavy atom. The van der Waals surface area contributed by atoms with Crippen LogP contribution in [0.4, 0.5) is 4.79 Å². The van der Waals surface area contributed by atoms with Crippen molar-refractivity contribution >= 4 is 6.03 Å². The van der Waals surface area contributed by atoms with E-state index in [0.29, 0.717) is 11.7 Å². The molecule has 0 bridgehead atoms. The molecule has 2 rings (SSSR count). The molecule has 7 nitrogen and oxygen atoms in total. The molecule has 0 radical (unpaired) electrons. The summed E-state index contributed by atoms with van der Waals surface area (Å²) in [5.41, 5.74) is -0.468. The van der Waals surface area contributed by atoms with Crippen LogP contribution in [0.5, 0.6) is 0 Å². The number of nitrogens with one attached hydrogen (secondary N) is 2. The molecule has 0 aliphatic heterocycles. The molecule has 0 saturated carbocycles. The third kappa shape index (κ3) is 3.85. The van der Waals surface area contributed by atoms with Gasteiger partial charge in [0.15, 0.2) is 0 Å². The summed E-state index contributed by atoms with van der Waals surface area (Å²) in [4.78, 5) is 15.8. The topological polar surface area (TPSA) is 101 Å². The molecule has 0 fully saturated rings. The number of carbonyl (C=O) groups excluding carboxylic acids is 1. The largest absolute Gasteiger partial charge is 0.466 e. The molecule has 2 amide bonds. The normalized spacial score (nSPS) is 13.7. The van der Waals surface area contributed by atoms with Gasteiger partial charge in [0.1, 0.15) is 17.1 Å². The molecule has 21 heavy (non-hydrogen) atoms. The molecule has 0 aliphatic rings. The highest BCUT2D eigenvalue weighted by Gasteiger charge is 2.26. The van der Waals surface area contributed by atoms with Crippen LogP contribution in [0.2, 0.25) is 0 Å². The van der Waals surface area contributed by atoms with Gasteiger partial charge in [-0.25, -0.2) is 9.78 Å². The fourth-order valence-electron chi connectivity index (χ4n) is 1.76. The molecule has 0 saturated heterocycles. The maximum atomic E-state index is 11.7. The van der Waals surface area contributed by atoms with Gasteiger partial charge in [0, 0.05) is 0 Å². The first kappa shape index (κ1) is 15.1. The zero-order valence-corrected chi connectivity index (χ0v) is 12.3. The molecule has 1 atom stereocenters. The Morgan fingerprint density at radius 3 is 2.76 bits per heavy atom. The van der Waals surface area contributed by atoms with E-state index in [0.717, 1.165) is 11.5 Å². The van der Waals surface area contributed by atoms with Gasteiger partial charge in [-0.2, -0.15) is 0 Å². The molecule has 7 heteroatoms. The zero-order chi connectivity index (χ0) is 15.5. The zero-order valence-electron chi connectivity index (χ0n) is 12.3. The molecule has 0 aromatic carbocycles. The molecule has 0 aliphatic carbocycles. The molecule has 3 N–H and O–H groups in total. The number of rotatable bonds is 5. The van der Waals surface area contributed by atoms with Gasteiger partial charge in [0.2, 0.25) is 5.89 Å². The minimum Gasteiger partial charge on any atom is -0.466 e. The lowest BCUT2D eigenvalue weighted by atomic mass is 10.0. The number of furan rings is 1. The number of aliphatic hydroxyl groups is 1. The summed E-state index contributed by atoms with van der Waals surface area (Å²) in [5, 5.41) is 15.4. The van der Waals surface area contributed by atoms with Crippen LogP contribution < -0.4 is 10.6 Å². The Labute approximate surface area is 122 Å². The minimum absolute atomic E-state index is 0.0238. The van der Waals surface area contributed by atoms with E-state index < -0.39 is 11.6 Å². The summed E-state index contributed by atoms with van der Waals surface area (Å²) in [6.45, 7) is 5.42. The van der Waals surface area contributed by atoms with Crippen molar-refractivity contribution in [3.63, 3.8) is 0 Å². The summed E-state index contributed by atoms with van der Waals surface area (Å²) in [5.74, 6) is 1.56. The lowest BCUT2D eigenvalue weighted by Gasteiger charge is -2.21. The van der Waals surface area contributed by atoms with Crippen LogP contribution in [0.1, 0.15) is 30.0 Å². The monoisotopic (exact) mass is 293 g/mol. The van der Waals surface area contributed by atoms with Crippen LogP contribution in [0.15, 0.2) is 27.2 Å². The quantitative estimate of drug-likeness (QED) is 0.777. The number of aryl methyl sites for hydroxylation is 2.